The summed E-state index contributed by atoms with van der Waals surface area (Å²) < 4.78 is 11.1. The van der Waals surface area contributed by atoms with Gasteiger partial charge in [-0.25, -0.2) is 0 Å². The van der Waals surface area contributed by atoms with Crippen LogP contribution >= 0.6 is 23.2 Å². The lowest BCUT2D eigenvalue weighted by Crippen LogP contribution is -2.19. The first-order valence-corrected chi connectivity index (χ1v) is 10.6. The van der Waals surface area contributed by atoms with Crippen LogP contribution in [0.25, 0.3) is 6.08 Å². The molecule has 31 heavy (non-hydrogen) atoms. The molecule has 1 unspecified atom stereocenters. The van der Waals surface area contributed by atoms with Crippen molar-refractivity contribution in [2.24, 2.45) is 5.10 Å². The van der Waals surface area contributed by atoms with Crippen molar-refractivity contribution in [2.75, 3.05) is 19.2 Å². The lowest BCUT2D eigenvalue weighted by molar-refractivity contribution is 0.405. The molecule has 3 aromatic carbocycles. The third-order valence-corrected chi connectivity index (χ3v) is 5.72. The number of allylic oxidation sites excluding steroid dienone is 1. The normalized spacial score (nSPS) is 15.9. The maximum atomic E-state index is 6.54. The molecular formula is C25H22Cl2N2O2. The Hall–Kier alpha value is -2.95. The van der Waals surface area contributed by atoms with Gasteiger partial charge in [-0.2, -0.15) is 5.10 Å². The monoisotopic (exact) mass is 452 g/mol. The van der Waals surface area contributed by atoms with E-state index in [0.29, 0.717) is 16.5 Å². The van der Waals surface area contributed by atoms with Gasteiger partial charge in [0.05, 0.1) is 36.7 Å². The van der Waals surface area contributed by atoms with Gasteiger partial charge in [0.15, 0.2) is 0 Å². The summed E-state index contributed by atoms with van der Waals surface area (Å²) in [5, 5.41) is 7.97. The van der Waals surface area contributed by atoms with Gasteiger partial charge in [-0.05, 0) is 42.5 Å². The number of benzene rings is 3. The minimum atomic E-state index is -0.0628. The number of ether oxygens (including phenoxy) is 2. The molecular weight excluding hydrogens is 431 g/mol. The second kappa shape index (κ2) is 9.46. The molecule has 4 nitrogen and oxygen atoms in total. The van der Waals surface area contributed by atoms with E-state index in [9.17, 15) is 0 Å². The molecule has 0 aliphatic carbocycles. The zero-order valence-electron chi connectivity index (χ0n) is 17.3. The van der Waals surface area contributed by atoms with E-state index in [1.807, 2.05) is 71.8 Å². The van der Waals surface area contributed by atoms with Crippen LogP contribution in [0.1, 0.15) is 23.6 Å². The van der Waals surface area contributed by atoms with Crippen molar-refractivity contribution in [2.45, 2.75) is 12.5 Å². The Morgan fingerprint density at radius 2 is 1.61 bits per heavy atom. The van der Waals surface area contributed by atoms with Crippen LogP contribution in [0.4, 0.5) is 5.69 Å². The number of halogens is 2. The molecule has 0 aromatic heterocycles. The Bertz CT molecular complexity index is 1140. The quantitative estimate of drug-likeness (QED) is 0.402. The van der Waals surface area contributed by atoms with Crippen molar-refractivity contribution in [1.29, 1.82) is 0 Å². The topological polar surface area (TPSA) is 34.1 Å². The fraction of sp³-hybridized carbons (Fsp3) is 0.160. The van der Waals surface area contributed by atoms with E-state index in [-0.39, 0.29) is 6.04 Å². The molecule has 0 bridgehead atoms. The number of rotatable bonds is 6. The summed E-state index contributed by atoms with van der Waals surface area (Å²) in [5.74, 6) is 1.63. The predicted octanol–water partition coefficient (Wildman–Crippen LogP) is 7.03. The second-order valence-electron chi connectivity index (χ2n) is 7.07. The minimum Gasteiger partial charge on any atom is -0.496 e. The molecule has 0 spiro atoms. The average molecular weight is 453 g/mol. The van der Waals surface area contributed by atoms with E-state index in [1.165, 1.54) is 0 Å². The van der Waals surface area contributed by atoms with Gasteiger partial charge in [0.25, 0.3) is 0 Å². The molecule has 158 valence electrons. The Labute approximate surface area is 192 Å². The van der Waals surface area contributed by atoms with E-state index in [4.69, 9.17) is 37.8 Å². The van der Waals surface area contributed by atoms with Crippen LogP contribution in [0.15, 0.2) is 77.9 Å². The maximum absolute atomic E-state index is 6.54. The molecule has 1 aliphatic heterocycles. The highest BCUT2D eigenvalue weighted by Gasteiger charge is 2.31. The van der Waals surface area contributed by atoms with Crippen LogP contribution in [-0.4, -0.2) is 19.9 Å². The Morgan fingerprint density at radius 3 is 2.35 bits per heavy atom. The van der Waals surface area contributed by atoms with Gasteiger partial charge in [-0.15, -0.1) is 0 Å². The van der Waals surface area contributed by atoms with Crippen molar-refractivity contribution in [3.8, 4) is 11.5 Å². The Kier molecular flexibility index (Phi) is 6.50. The van der Waals surface area contributed by atoms with Crippen molar-refractivity contribution in [1.82, 2.24) is 0 Å². The van der Waals surface area contributed by atoms with E-state index in [2.05, 4.69) is 6.07 Å². The van der Waals surface area contributed by atoms with Crippen LogP contribution in [0.2, 0.25) is 10.0 Å². The Balaban J connectivity index is 1.73. The highest BCUT2D eigenvalue weighted by atomic mass is 35.5. The molecule has 0 saturated heterocycles. The van der Waals surface area contributed by atoms with Crippen LogP contribution in [-0.2, 0) is 0 Å². The summed E-state index contributed by atoms with van der Waals surface area (Å²) in [5.41, 5.74) is 3.75. The summed E-state index contributed by atoms with van der Waals surface area (Å²) in [6, 6.07) is 21.2. The zero-order chi connectivity index (χ0) is 21.8. The van der Waals surface area contributed by atoms with Crippen molar-refractivity contribution in [3.63, 3.8) is 0 Å². The van der Waals surface area contributed by atoms with Gasteiger partial charge in [0, 0.05) is 22.6 Å². The molecule has 1 atom stereocenters. The molecule has 1 heterocycles. The number of para-hydroxylation sites is 2. The largest absolute Gasteiger partial charge is 0.496 e. The van der Waals surface area contributed by atoms with Gasteiger partial charge >= 0.3 is 0 Å². The van der Waals surface area contributed by atoms with Crippen LogP contribution in [0.5, 0.6) is 11.5 Å². The molecule has 1 aliphatic rings. The van der Waals surface area contributed by atoms with Crippen molar-refractivity contribution in [3.05, 3.63) is 94.0 Å². The average Bonchev–Trinajstić information content (AvgIpc) is 3.21. The zero-order valence-corrected chi connectivity index (χ0v) is 18.8. The molecule has 0 fully saturated rings. The third-order valence-electron chi connectivity index (χ3n) is 5.18. The molecule has 0 radical (unpaired) electrons. The van der Waals surface area contributed by atoms with Crippen LogP contribution in [0.3, 0.4) is 0 Å². The summed E-state index contributed by atoms with van der Waals surface area (Å²) in [4.78, 5) is 0. The lowest BCUT2D eigenvalue weighted by Gasteiger charge is -2.26. The SMILES string of the molecule is COc1ccccc1C=CC1=NN(c2ccc(Cl)cc2Cl)C(c2ccccc2OC)C1. The first kappa shape index (κ1) is 21.3. The summed E-state index contributed by atoms with van der Waals surface area (Å²) in [6.07, 6.45) is 4.74. The number of nitrogens with zero attached hydrogens (tertiary/aromatic N) is 2. The second-order valence-corrected chi connectivity index (χ2v) is 7.91. The van der Waals surface area contributed by atoms with Gasteiger partial charge in [-0.3, -0.25) is 5.01 Å². The number of hydrogen-bond donors (Lipinski definition) is 0. The van der Waals surface area contributed by atoms with Crippen LogP contribution < -0.4 is 14.5 Å². The molecule has 0 N–H and O–H groups in total. The van der Waals surface area contributed by atoms with E-state index in [1.54, 1.807) is 20.3 Å². The first-order valence-electron chi connectivity index (χ1n) is 9.86. The Morgan fingerprint density at radius 1 is 0.903 bits per heavy atom. The molecule has 4 rings (SSSR count). The van der Waals surface area contributed by atoms with E-state index < -0.39 is 0 Å². The number of methoxy groups -OCH3 is 2. The van der Waals surface area contributed by atoms with Crippen LogP contribution in [0, 0.1) is 0 Å². The fourth-order valence-corrected chi connectivity index (χ4v) is 4.19. The summed E-state index contributed by atoms with van der Waals surface area (Å²) in [6.45, 7) is 0. The minimum absolute atomic E-state index is 0.0628. The smallest absolute Gasteiger partial charge is 0.126 e. The number of hydrogen-bond acceptors (Lipinski definition) is 4. The number of anilines is 1. The van der Waals surface area contributed by atoms with Gasteiger partial charge in [-0.1, -0.05) is 59.6 Å². The highest BCUT2D eigenvalue weighted by Crippen LogP contribution is 2.42. The highest BCUT2D eigenvalue weighted by molar-refractivity contribution is 6.36. The predicted molar refractivity (Wildman–Crippen MR) is 129 cm³/mol. The fourth-order valence-electron chi connectivity index (χ4n) is 3.70. The maximum Gasteiger partial charge on any atom is 0.126 e. The van der Waals surface area contributed by atoms with E-state index in [0.717, 1.165) is 34.0 Å². The molecule has 6 heteroatoms. The van der Waals surface area contributed by atoms with Crippen molar-refractivity contribution < 1.29 is 9.47 Å². The van der Waals surface area contributed by atoms with Crippen molar-refractivity contribution >= 4 is 40.7 Å². The third kappa shape index (κ3) is 4.55. The standard InChI is InChI=1S/C25H22Cl2N2O2/c1-30-24-9-5-3-7-17(24)11-13-19-16-23(20-8-4-6-10-25(20)31-2)29(28-19)22-14-12-18(26)15-21(22)27/h3-15,23H,16H2,1-2H3. The summed E-state index contributed by atoms with van der Waals surface area (Å²) in [7, 11) is 3.35. The molecule has 3 aromatic rings. The van der Waals surface area contributed by atoms with E-state index >= 15 is 0 Å². The number of hydrazone groups is 1. The molecule has 0 saturated carbocycles. The lowest BCUT2D eigenvalue weighted by atomic mass is 9.99. The molecule has 0 amide bonds. The summed E-state index contributed by atoms with van der Waals surface area (Å²) >= 11 is 12.7. The van der Waals surface area contributed by atoms with Gasteiger partial charge < -0.3 is 9.47 Å². The van der Waals surface area contributed by atoms with Gasteiger partial charge in [0.2, 0.25) is 0 Å². The first-order chi connectivity index (χ1) is 15.1. The van der Waals surface area contributed by atoms with Gasteiger partial charge in [0.1, 0.15) is 11.5 Å².